The normalized spacial score (nSPS) is 11.8. The van der Waals surface area contributed by atoms with Crippen LogP contribution in [0.5, 0.6) is 0 Å². The molecule has 1 saturated heterocycles. The second kappa shape index (κ2) is 45.3. The molecule has 0 aliphatic carbocycles. The molecule has 1 aliphatic rings. The van der Waals surface area contributed by atoms with Gasteiger partial charge in [0, 0.05) is 26.1 Å². The van der Waals surface area contributed by atoms with Crippen LogP contribution in [0.2, 0.25) is 0 Å². The summed E-state index contributed by atoms with van der Waals surface area (Å²) in [5.41, 5.74) is 0. The Hall–Kier alpha value is 0.886. The van der Waals surface area contributed by atoms with Crippen molar-refractivity contribution in [3.05, 3.63) is 0 Å². The van der Waals surface area contributed by atoms with E-state index in [4.69, 9.17) is 0 Å². The predicted molar refractivity (Wildman–Crippen MR) is 177 cm³/mol. The van der Waals surface area contributed by atoms with Crippen LogP contribution in [0.15, 0.2) is 0 Å². The fraction of sp³-hybridized carbons (Fsp3) is 0.941. The third-order valence-electron chi connectivity index (χ3n) is 7.71. The number of carbonyl (C=O) groups excluding carboxylic acids is 2. The van der Waals surface area contributed by atoms with Gasteiger partial charge in [0.2, 0.25) is 12.3 Å². The van der Waals surface area contributed by atoms with Gasteiger partial charge in [0.15, 0.2) is 0 Å². The number of hydrogen-bond donors (Lipinski definition) is 1. The van der Waals surface area contributed by atoms with Crippen LogP contribution in [0.3, 0.4) is 0 Å². The molecular weight excluding hydrogens is 556 g/mol. The van der Waals surface area contributed by atoms with Gasteiger partial charge in [-0.15, -0.1) is 0 Å². The predicted octanol–water partition coefficient (Wildman–Crippen LogP) is 6.73. The van der Waals surface area contributed by atoms with Crippen LogP contribution in [0.4, 0.5) is 0 Å². The minimum Gasteiger partial charge on any atom is -0.870 e. The number of amides is 2. The van der Waals surface area contributed by atoms with Gasteiger partial charge >= 0.3 is 51.4 Å². The molecular formula is C34H70KN2O3S-. The quantitative estimate of drug-likeness (QED) is 0.0500. The maximum absolute atomic E-state index is 11.6. The van der Waals surface area contributed by atoms with Crippen LogP contribution in [0.1, 0.15) is 181 Å². The fourth-order valence-corrected chi connectivity index (χ4v) is 5.19. The Morgan fingerprint density at radius 1 is 0.610 bits per heavy atom. The second-order valence-electron chi connectivity index (χ2n) is 11.3. The zero-order chi connectivity index (χ0) is 29.1. The first-order valence-corrected chi connectivity index (χ1v) is 17.9. The number of nitrogens with one attached hydrogen (secondary N) is 1. The number of carbonyl (C=O) groups is 2. The zero-order valence-corrected chi connectivity index (χ0v) is 32.1. The molecule has 1 heterocycles. The van der Waals surface area contributed by atoms with Crippen molar-refractivity contribution >= 4 is 24.9 Å². The molecule has 5 nitrogen and oxygen atoms in total. The third-order valence-corrected chi connectivity index (χ3v) is 7.71. The maximum Gasteiger partial charge on any atom is 1.00 e. The number of nitrogens with zero attached hydrogens (tertiary/aromatic N) is 1. The monoisotopic (exact) mass is 625 g/mol. The van der Waals surface area contributed by atoms with Gasteiger partial charge in [-0.2, -0.15) is 6.26 Å². The first kappa shape index (κ1) is 48.8. The van der Waals surface area contributed by atoms with E-state index < -0.39 is 0 Å². The van der Waals surface area contributed by atoms with Gasteiger partial charge < -0.3 is 28.3 Å². The van der Waals surface area contributed by atoms with Crippen LogP contribution in [0, 0.1) is 0 Å². The summed E-state index contributed by atoms with van der Waals surface area (Å²) in [4.78, 5) is 23.5. The number of rotatable bonds is 26. The summed E-state index contributed by atoms with van der Waals surface area (Å²) in [7, 11) is 0. The van der Waals surface area contributed by atoms with E-state index in [9.17, 15) is 9.59 Å². The minimum atomic E-state index is 0. The van der Waals surface area contributed by atoms with E-state index in [2.05, 4.69) is 31.8 Å². The van der Waals surface area contributed by atoms with Crippen LogP contribution >= 0.6 is 0 Å². The summed E-state index contributed by atoms with van der Waals surface area (Å²) in [6, 6.07) is 0. The van der Waals surface area contributed by atoms with Crippen LogP contribution in [-0.4, -0.2) is 48.6 Å². The molecule has 0 aromatic heterocycles. The summed E-state index contributed by atoms with van der Waals surface area (Å²) >= 11 is 4.08. The molecule has 0 saturated carbocycles. The van der Waals surface area contributed by atoms with Crippen LogP contribution in [-0.2, 0) is 22.2 Å². The first-order valence-electron chi connectivity index (χ1n) is 17.1. The summed E-state index contributed by atoms with van der Waals surface area (Å²) in [6.45, 7) is 7.22. The molecule has 2 amide bonds. The summed E-state index contributed by atoms with van der Waals surface area (Å²) < 4.78 is 0. The van der Waals surface area contributed by atoms with Gasteiger partial charge in [-0.1, -0.05) is 149 Å². The Morgan fingerprint density at radius 2 is 0.927 bits per heavy atom. The van der Waals surface area contributed by atoms with E-state index in [-0.39, 0.29) is 56.9 Å². The SMILES string of the molecule is CCCCCCCCCCCCCCCCCCCCCC.C[S-].O=CNCCCCCC(=O)N1CCCC1.[K+].[OH-]. The van der Waals surface area contributed by atoms with E-state index in [0.717, 1.165) is 58.1 Å². The van der Waals surface area contributed by atoms with Gasteiger partial charge in [-0.3, -0.25) is 9.59 Å². The molecule has 0 aromatic rings. The van der Waals surface area contributed by atoms with Gasteiger partial charge in [0.1, 0.15) is 0 Å². The first-order chi connectivity index (χ1) is 19.3. The van der Waals surface area contributed by atoms with E-state index in [0.29, 0.717) is 12.3 Å². The molecule has 0 atom stereocenters. The van der Waals surface area contributed by atoms with Gasteiger partial charge in [0.05, 0.1) is 0 Å². The van der Waals surface area contributed by atoms with Crippen LogP contribution in [0.25, 0.3) is 0 Å². The largest absolute Gasteiger partial charge is 1.00 e. The molecule has 41 heavy (non-hydrogen) atoms. The Kier molecular flexibility index (Phi) is 53.9. The van der Waals surface area contributed by atoms with Crippen molar-refractivity contribution < 1.29 is 66.4 Å². The van der Waals surface area contributed by atoms with E-state index >= 15 is 0 Å². The van der Waals surface area contributed by atoms with Crippen molar-refractivity contribution in [2.45, 2.75) is 181 Å². The third kappa shape index (κ3) is 40.9. The minimum absolute atomic E-state index is 0. The zero-order valence-electron chi connectivity index (χ0n) is 28.2. The van der Waals surface area contributed by atoms with Crippen LogP contribution < -0.4 is 56.7 Å². The van der Waals surface area contributed by atoms with Crippen molar-refractivity contribution in [1.82, 2.24) is 10.2 Å². The molecule has 0 spiro atoms. The van der Waals surface area contributed by atoms with E-state index in [1.807, 2.05) is 4.90 Å². The molecule has 0 radical (unpaired) electrons. The molecule has 0 unspecified atom stereocenters. The molecule has 0 aromatic carbocycles. The van der Waals surface area contributed by atoms with Gasteiger partial charge in [0.25, 0.3) is 0 Å². The standard InChI is InChI=1S/C22H46.C11H20N2O2.CH4S.K.H2O/c1-3-5-7-9-11-13-15-17-19-21-22-20-18-16-14-12-10-8-6-4-2;14-10-12-7-3-1-2-6-11(15)13-8-4-5-9-13;1-2;;/h3-22H2,1-2H3;10H,1-9H2,(H,12,14);2H,1H3;;1H2/q;;;+1;/p-2. The molecule has 7 heteroatoms. The summed E-state index contributed by atoms with van der Waals surface area (Å²) in [5, 5.41) is 2.62. The molecule has 1 fully saturated rings. The van der Waals surface area contributed by atoms with Gasteiger partial charge in [-0.05, 0) is 25.7 Å². The average Bonchev–Trinajstić information content (AvgIpc) is 3.51. The Morgan fingerprint density at radius 3 is 1.24 bits per heavy atom. The second-order valence-corrected chi connectivity index (χ2v) is 11.3. The summed E-state index contributed by atoms with van der Waals surface area (Å²) in [5.74, 6) is 0.302. The topological polar surface area (TPSA) is 79.4 Å². The average molecular weight is 626 g/mol. The van der Waals surface area contributed by atoms with Gasteiger partial charge in [-0.25, -0.2) is 0 Å². The molecule has 1 rings (SSSR count). The number of likely N-dealkylation sites (tertiary alicyclic amines) is 1. The maximum atomic E-state index is 11.6. The number of unbranched alkanes of at least 4 members (excludes halogenated alkanes) is 21. The summed E-state index contributed by atoms with van der Waals surface area (Å²) in [6.07, 6.45) is 37.6. The smallest absolute Gasteiger partial charge is 0.870 e. The van der Waals surface area contributed by atoms with E-state index in [1.54, 1.807) is 6.26 Å². The van der Waals surface area contributed by atoms with Crippen molar-refractivity contribution in [2.75, 3.05) is 25.9 Å². The fourth-order valence-electron chi connectivity index (χ4n) is 5.19. The van der Waals surface area contributed by atoms with Crippen molar-refractivity contribution in [1.29, 1.82) is 0 Å². The van der Waals surface area contributed by atoms with Crippen molar-refractivity contribution in [3.63, 3.8) is 0 Å². The Bertz CT molecular complexity index is 461. The number of hydrogen-bond acceptors (Lipinski definition) is 4. The molecule has 0 bridgehead atoms. The Labute approximate surface area is 305 Å². The van der Waals surface area contributed by atoms with Crippen molar-refractivity contribution in [2.24, 2.45) is 0 Å². The molecule has 2 N–H and O–H groups in total. The van der Waals surface area contributed by atoms with Crippen molar-refractivity contribution in [3.8, 4) is 0 Å². The molecule has 1 aliphatic heterocycles. The van der Waals surface area contributed by atoms with E-state index in [1.165, 1.54) is 128 Å². The molecule has 242 valence electrons. The Balaban J connectivity index is -0.000000316.